The van der Waals surface area contributed by atoms with E-state index in [1.54, 1.807) is 24.3 Å². The molecule has 0 aliphatic carbocycles. The van der Waals surface area contributed by atoms with Gasteiger partial charge < -0.3 is 9.64 Å². The number of benzene rings is 2. The Labute approximate surface area is 161 Å². The van der Waals surface area contributed by atoms with Gasteiger partial charge in [-0.2, -0.15) is 8.42 Å². The van der Waals surface area contributed by atoms with Crippen LogP contribution in [-0.4, -0.2) is 45.7 Å². The molecule has 0 spiro atoms. The standard InChI is InChI=1S/C21H25NO4S/c1-16-2-5-20(6-3-16)27(23,24)26-19-9-12-22(15-19)11-8-17-4-7-21-18(14-17)10-13-25-21/h2-7,14,19H,8-13,15H2,1H3/t19-/m0/s1. The first-order valence-electron chi connectivity index (χ1n) is 9.46. The van der Waals surface area contributed by atoms with Crippen molar-refractivity contribution in [2.24, 2.45) is 0 Å². The van der Waals surface area contributed by atoms with Gasteiger partial charge in [0.25, 0.3) is 10.1 Å². The lowest BCUT2D eigenvalue weighted by atomic mass is 10.1. The van der Waals surface area contributed by atoms with E-state index in [-0.39, 0.29) is 11.0 Å². The van der Waals surface area contributed by atoms with Gasteiger partial charge in [0.2, 0.25) is 0 Å². The number of hydrogen-bond donors (Lipinski definition) is 0. The summed E-state index contributed by atoms with van der Waals surface area (Å²) in [6.45, 7) is 5.13. The first-order chi connectivity index (χ1) is 13.0. The number of ether oxygens (including phenoxy) is 1. The van der Waals surface area contributed by atoms with E-state index in [9.17, 15) is 8.42 Å². The van der Waals surface area contributed by atoms with Crippen LogP contribution in [-0.2, 0) is 27.1 Å². The molecule has 2 aromatic rings. The van der Waals surface area contributed by atoms with E-state index in [4.69, 9.17) is 8.92 Å². The molecule has 0 saturated carbocycles. The van der Waals surface area contributed by atoms with Gasteiger partial charge in [-0.25, -0.2) is 0 Å². The summed E-state index contributed by atoms with van der Waals surface area (Å²) < 4.78 is 35.9. The zero-order chi connectivity index (χ0) is 18.9. The van der Waals surface area contributed by atoms with E-state index in [1.165, 1.54) is 11.1 Å². The maximum absolute atomic E-state index is 12.4. The van der Waals surface area contributed by atoms with Gasteiger partial charge in [0.1, 0.15) is 5.75 Å². The van der Waals surface area contributed by atoms with Gasteiger partial charge in [-0.1, -0.05) is 29.8 Å². The Morgan fingerprint density at radius 1 is 1.19 bits per heavy atom. The number of fused-ring (bicyclic) bond motifs is 1. The molecule has 2 heterocycles. The van der Waals surface area contributed by atoms with Crippen molar-refractivity contribution >= 4 is 10.1 Å². The third-order valence-electron chi connectivity index (χ3n) is 5.27. The summed E-state index contributed by atoms with van der Waals surface area (Å²) in [7, 11) is -3.70. The second-order valence-corrected chi connectivity index (χ2v) is 8.94. The Kier molecular flexibility index (Phi) is 5.21. The zero-order valence-electron chi connectivity index (χ0n) is 15.6. The van der Waals surface area contributed by atoms with Crippen LogP contribution in [0.2, 0.25) is 0 Å². The predicted octanol–water partition coefficient (Wildman–Crippen LogP) is 2.95. The van der Waals surface area contributed by atoms with Crippen LogP contribution in [0.15, 0.2) is 47.4 Å². The highest BCUT2D eigenvalue weighted by Gasteiger charge is 2.28. The minimum Gasteiger partial charge on any atom is -0.493 e. The van der Waals surface area contributed by atoms with Gasteiger partial charge >= 0.3 is 0 Å². The molecular weight excluding hydrogens is 362 g/mol. The van der Waals surface area contributed by atoms with Crippen molar-refractivity contribution in [3.8, 4) is 5.75 Å². The van der Waals surface area contributed by atoms with Gasteiger partial charge in [-0.05, 0) is 49.1 Å². The Hall–Kier alpha value is -1.89. The molecule has 1 atom stereocenters. The third-order valence-corrected chi connectivity index (χ3v) is 6.65. The number of aryl methyl sites for hydroxylation is 1. The number of hydrogen-bond acceptors (Lipinski definition) is 5. The monoisotopic (exact) mass is 387 g/mol. The van der Waals surface area contributed by atoms with E-state index in [0.717, 1.165) is 50.3 Å². The second-order valence-electron chi connectivity index (χ2n) is 7.37. The fourth-order valence-electron chi connectivity index (χ4n) is 3.70. The smallest absolute Gasteiger partial charge is 0.297 e. The van der Waals surface area contributed by atoms with Gasteiger partial charge in [0.15, 0.2) is 0 Å². The van der Waals surface area contributed by atoms with Gasteiger partial charge in [0, 0.05) is 26.1 Å². The number of nitrogens with zero attached hydrogens (tertiary/aromatic N) is 1. The van der Waals surface area contributed by atoms with Crippen LogP contribution < -0.4 is 4.74 Å². The summed E-state index contributed by atoms with van der Waals surface area (Å²) in [4.78, 5) is 2.51. The predicted molar refractivity (Wildman–Crippen MR) is 104 cm³/mol. The minimum atomic E-state index is -3.70. The lowest BCUT2D eigenvalue weighted by molar-refractivity contribution is 0.207. The first kappa shape index (κ1) is 18.5. The van der Waals surface area contributed by atoms with Crippen molar-refractivity contribution in [1.82, 2.24) is 4.90 Å². The highest BCUT2D eigenvalue weighted by Crippen LogP contribution is 2.26. The lowest BCUT2D eigenvalue weighted by Gasteiger charge is -2.16. The van der Waals surface area contributed by atoms with Crippen LogP contribution in [0.5, 0.6) is 5.75 Å². The fraction of sp³-hybridized carbons (Fsp3) is 0.429. The molecule has 1 saturated heterocycles. The summed E-state index contributed by atoms with van der Waals surface area (Å²) in [5, 5.41) is 0. The molecule has 0 amide bonds. The van der Waals surface area contributed by atoms with Crippen molar-refractivity contribution in [2.45, 2.75) is 37.2 Å². The Bertz CT molecular complexity index is 908. The summed E-state index contributed by atoms with van der Waals surface area (Å²) in [6.07, 6.45) is 2.40. The van der Waals surface area contributed by atoms with E-state index in [1.807, 2.05) is 6.92 Å². The molecule has 27 heavy (non-hydrogen) atoms. The van der Waals surface area contributed by atoms with Crippen LogP contribution in [0.3, 0.4) is 0 Å². The molecule has 1 fully saturated rings. The third kappa shape index (κ3) is 4.34. The van der Waals surface area contributed by atoms with Gasteiger partial charge in [-0.3, -0.25) is 4.18 Å². The van der Waals surface area contributed by atoms with Crippen molar-refractivity contribution < 1.29 is 17.3 Å². The average Bonchev–Trinajstić information content (AvgIpc) is 3.28. The number of likely N-dealkylation sites (tertiary alicyclic amines) is 1. The maximum Gasteiger partial charge on any atom is 0.297 e. The first-order valence-corrected chi connectivity index (χ1v) is 10.9. The van der Waals surface area contributed by atoms with E-state index in [2.05, 4.69) is 23.1 Å². The lowest BCUT2D eigenvalue weighted by Crippen LogP contribution is -2.27. The molecule has 2 aliphatic heterocycles. The maximum atomic E-state index is 12.4. The Morgan fingerprint density at radius 2 is 2.00 bits per heavy atom. The van der Waals surface area contributed by atoms with Gasteiger partial charge in [0.05, 0.1) is 17.6 Å². The van der Waals surface area contributed by atoms with Crippen LogP contribution >= 0.6 is 0 Å². The molecule has 0 radical (unpaired) electrons. The average molecular weight is 388 g/mol. The Balaban J connectivity index is 1.30. The second kappa shape index (κ2) is 7.62. The molecule has 144 valence electrons. The van der Waals surface area contributed by atoms with Crippen molar-refractivity contribution in [1.29, 1.82) is 0 Å². The molecule has 4 rings (SSSR count). The van der Waals surface area contributed by atoms with Crippen molar-refractivity contribution in [3.63, 3.8) is 0 Å². The molecule has 0 bridgehead atoms. The summed E-state index contributed by atoms with van der Waals surface area (Å²) >= 11 is 0. The fourth-order valence-corrected chi connectivity index (χ4v) is 4.80. The molecule has 2 aliphatic rings. The van der Waals surface area contributed by atoms with E-state index < -0.39 is 10.1 Å². The highest BCUT2D eigenvalue weighted by molar-refractivity contribution is 7.86. The normalized spacial score (nSPS) is 19.8. The molecular formula is C21H25NO4S. The van der Waals surface area contributed by atoms with E-state index in [0.29, 0.717) is 6.54 Å². The van der Waals surface area contributed by atoms with E-state index >= 15 is 0 Å². The van der Waals surface area contributed by atoms with Crippen LogP contribution in [0, 0.1) is 6.92 Å². The molecule has 0 aromatic heterocycles. The summed E-state index contributed by atoms with van der Waals surface area (Å²) in [6, 6.07) is 13.2. The molecule has 0 N–H and O–H groups in total. The molecule has 2 aromatic carbocycles. The molecule has 0 unspecified atom stereocenters. The van der Waals surface area contributed by atoms with Crippen molar-refractivity contribution in [3.05, 3.63) is 59.2 Å². The zero-order valence-corrected chi connectivity index (χ0v) is 16.4. The Morgan fingerprint density at radius 3 is 2.81 bits per heavy atom. The molecule has 5 nitrogen and oxygen atoms in total. The summed E-state index contributed by atoms with van der Waals surface area (Å²) in [5.41, 5.74) is 3.62. The topological polar surface area (TPSA) is 55.8 Å². The quantitative estimate of drug-likeness (QED) is 0.714. The van der Waals surface area contributed by atoms with Crippen LogP contribution in [0.1, 0.15) is 23.1 Å². The molecule has 6 heteroatoms. The number of rotatable bonds is 6. The highest BCUT2D eigenvalue weighted by atomic mass is 32.2. The minimum absolute atomic E-state index is 0.229. The summed E-state index contributed by atoms with van der Waals surface area (Å²) in [5.74, 6) is 1.01. The van der Waals surface area contributed by atoms with Crippen molar-refractivity contribution in [2.75, 3.05) is 26.2 Å². The largest absolute Gasteiger partial charge is 0.493 e. The van der Waals surface area contributed by atoms with Gasteiger partial charge in [-0.15, -0.1) is 0 Å². The van der Waals surface area contributed by atoms with Crippen LogP contribution in [0.25, 0.3) is 0 Å². The van der Waals surface area contributed by atoms with Crippen LogP contribution in [0.4, 0.5) is 0 Å². The SMILES string of the molecule is Cc1ccc(S(=O)(=O)O[C@H]2CCN(CCc3ccc4c(c3)CCO4)C2)cc1.